The Bertz CT molecular complexity index is 389. The van der Waals surface area contributed by atoms with Crippen LogP contribution in [0.15, 0.2) is 22.8 Å². The molecule has 3 N–H and O–H groups in total. The molecule has 0 aliphatic heterocycles. The summed E-state index contributed by atoms with van der Waals surface area (Å²) < 4.78 is 5.30. The van der Waals surface area contributed by atoms with E-state index >= 15 is 0 Å². The number of hydrogen-bond donors (Lipinski definition) is 2. The van der Waals surface area contributed by atoms with E-state index in [1.807, 2.05) is 19.1 Å². The summed E-state index contributed by atoms with van der Waals surface area (Å²) in [7, 11) is 0. The van der Waals surface area contributed by atoms with Gasteiger partial charge in [-0.2, -0.15) is 0 Å². The summed E-state index contributed by atoms with van der Waals surface area (Å²) in [5.41, 5.74) is 6.11. The molecule has 1 heterocycles. The fraction of sp³-hybridized carbons (Fsp3) is 0.667. The molecule has 0 bridgehead atoms. The molecule has 0 spiro atoms. The third-order valence-corrected chi connectivity index (χ3v) is 3.88. The van der Waals surface area contributed by atoms with Crippen molar-refractivity contribution in [3.05, 3.63) is 24.2 Å². The van der Waals surface area contributed by atoms with E-state index in [-0.39, 0.29) is 23.9 Å². The third kappa shape index (κ3) is 4.10. The Morgan fingerprint density at radius 2 is 2.26 bits per heavy atom. The van der Waals surface area contributed by atoms with Gasteiger partial charge in [-0.3, -0.25) is 4.79 Å². The molecule has 0 radical (unpaired) electrons. The molecule has 1 amide bonds. The summed E-state index contributed by atoms with van der Waals surface area (Å²) in [6, 6.07) is 3.89. The Hall–Kier alpha value is -1.29. The lowest BCUT2D eigenvalue weighted by Gasteiger charge is -2.22. The summed E-state index contributed by atoms with van der Waals surface area (Å²) in [6.45, 7) is 2.00. The Morgan fingerprint density at radius 1 is 1.47 bits per heavy atom. The lowest BCUT2D eigenvalue weighted by atomic mass is 9.94. The summed E-state index contributed by atoms with van der Waals surface area (Å²) in [5, 5.41) is 3.07. The van der Waals surface area contributed by atoms with Crippen LogP contribution in [-0.4, -0.2) is 18.0 Å². The van der Waals surface area contributed by atoms with Gasteiger partial charge in [-0.15, -0.1) is 0 Å². The predicted molar refractivity (Wildman–Crippen MR) is 74.6 cm³/mol. The van der Waals surface area contributed by atoms with Crippen molar-refractivity contribution < 1.29 is 9.21 Å². The van der Waals surface area contributed by atoms with Crippen LogP contribution in [0.25, 0.3) is 0 Å². The number of nitrogens with two attached hydrogens (primary N) is 1. The molecule has 106 valence electrons. The van der Waals surface area contributed by atoms with Gasteiger partial charge in [-0.05, 0) is 31.9 Å². The van der Waals surface area contributed by atoms with Gasteiger partial charge in [0.2, 0.25) is 5.91 Å². The number of amides is 1. The average Bonchev–Trinajstić information content (AvgIpc) is 2.76. The largest absolute Gasteiger partial charge is 0.469 e. The van der Waals surface area contributed by atoms with E-state index in [1.165, 1.54) is 6.42 Å². The number of nitrogens with one attached hydrogen (secondary N) is 1. The topological polar surface area (TPSA) is 68.3 Å². The molecule has 1 aromatic heterocycles. The molecule has 4 heteroatoms. The van der Waals surface area contributed by atoms with Crippen LogP contribution in [0.5, 0.6) is 0 Å². The van der Waals surface area contributed by atoms with E-state index in [2.05, 4.69) is 5.32 Å². The maximum atomic E-state index is 12.3. The monoisotopic (exact) mass is 264 g/mol. The lowest BCUT2D eigenvalue weighted by molar-refractivity contribution is -0.126. The number of hydrogen-bond acceptors (Lipinski definition) is 3. The first-order valence-corrected chi connectivity index (χ1v) is 7.25. The first-order chi connectivity index (χ1) is 9.16. The highest BCUT2D eigenvalue weighted by atomic mass is 16.3. The Labute approximate surface area is 114 Å². The van der Waals surface area contributed by atoms with Gasteiger partial charge in [0, 0.05) is 18.5 Å². The number of carbonyl (C=O) groups is 1. The molecule has 3 atom stereocenters. The highest BCUT2D eigenvalue weighted by Gasteiger charge is 2.27. The van der Waals surface area contributed by atoms with Crippen LogP contribution in [0.2, 0.25) is 0 Å². The molecule has 3 unspecified atom stereocenters. The molecule has 1 aliphatic rings. The molecule has 0 saturated heterocycles. The minimum atomic E-state index is -0.0263. The summed E-state index contributed by atoms with van der Waals surface area (Å²) in [6.07, 6.45) is 7.71. The average molecular weight is 264 g/mol. The second-order valence-electron chi connectivity index (χ2n) is 5.60. The number of rotatable bonds is 4. The molecular formula is C15H24N2O2. The van der Waals surface area contributed by atoms with Crippen molar-refractivity contribution >= 4 is 5.91 Å². The van der Waals surface area contributed by atoms with Gasteiger partial charge in [-0.1, -0.05) is 19.3 Å². The smallest absolute Gasteiger partial charge is 0.224 e. The minimum absolute atomic E-state index is 0.0123. The molecule has 19 heavy (non-hydrogen) atoms. The molecule has 1 saturated carbocycles. The molecule has 0 aromatic carbocycles. The zero-order valence-corrected chi connectivity index (χ0v) is 11.6. The molecular weight excluding hydrogens is 240 g/mol. The van der Waals surface area contributed by atoms with Crippen LogP contribution in [0.1, 0.15) is 44.8 Å². The van der Waals surface area contributed by atoms with Crippen molar-refractivity contribution in [1.29, 1.82) is 0 Å². The van der Waals surface area contributed by atoms with Crippen molar-refractivity contribution in [3.8, 4) is 0 Å². The predicted octanol–water partition coefficient (Wildman–Crippen LogP) is 2.23. The molecule has 1 aliphatic carbocycles. The minimum Gasteiger partial charge on any atom is -0.469 e. The van der Waals surface area contributed by atoms with Gasteiger partial charge in [0.25, 0.3) is 0 Å². The van der Waals surface area contributed by atoms with E-state index in [0.29, 0.717) is 0 Å². The van der Waals surface area contributed by atoms with Gasteiger partial charge in [0.05, 0.1) is 12.2 Å². The molecule has 1 fully saturated rings. The van der Waals surface area contributed by atoms with Crippen molar-refractivity contribution in [2.24, 2.45) is 11.7 Å². The van der Waals surface area contributed by atoms with Crippen LogP contribution < -0.4 is 11.1 Å². The van der Waals surface area contributed by atoms with Crippen LogP contribution in [0.4, 0.5) is 0 Å². The summed E-state index contributed by atoms with van der Waals surface area (Å²) in [4.78, 5) is 12.3. The Kier molecular flexibility index (Phi) is 5.02. The first kappa shape index (κ1) is 14.1. The van der Waals surface area contributed by atoms with Crippen molar-refractivity contribution in [3.63, 3.8) is 0 Å². The number of carbonyl (C=O) groups excluding carboxylic acids is 1. The van der Waals surface area contributed by atoms with E-state index in [0.717, 1.165) is 37.9 Å². The van der Waals surface area contributed by atoms with E-state index < -0.39 is 0 Å². The Morgan fingerprint density at radius 3 is 3.00 bits per heavy atom. The fourth-order valence-electron chi connectivity index (χ4n) is 2.79. The highest BCUT2D eigenvalue weighted by Crippen LogP contribution is 2.22. The fourth-order valence-corrected chi connectivity index (χ4v) is 2.79. The van der Waals surface area contributed by atoms with Crippen LogP contribution in [-0.2, 0) is 11.2 Å². The van der Waals surface area contributed by atoms with Gasteiger partial charge >= 0.3 is 0 Å². The molecule has 1 aromatic rings. The number of furan rings is 1. The van der Waals surface area contributed by atoms with Crippen LogP contribution in [0, 0.1) is 5.92 Å². The second kappa shape index (κ2) is 6.75. The normalized spacial score (nSPS) is 25.6. The van der Waals surface area contributed by atoms with Crippen LogP contribution >= 0.6 is 0 Å². The van der Waals surface area contributed by atoms with Gasteiger partial charge in [0.15, 0.2) is 0 Å². The van der Waals surface area contributed by atoms with Crippen molar-refractivity contribution in [2.45, 2.75) is 57.5 Å². The zero-order chi connectivity index (χ0) is 13.7. The van der Waals surface area contributed by atoms with Crippen molar-refractivity contribution in [1.82, 2.24) is 5.32 Å². The van der Waals surface area contributed by atoms with Gasteiger partial charge in [-0.25, -0.2) is 0 Å². The van der Waals surface area contributed by atoms with Crippen molar-refractivity contribution in [2.75, 3.05) is 0 Å². The van der Waals surface area contributed by atoms with Gasteiger partial charge < -0.3 is 15.5 Å². The maximum Gasteiger partial charge on any atom is 0.224 e. The van der Waals surface area contributed by atoms with E-state index in [9.17, 15) is 4.79 Å². The van der Waals surface area contributed by atoms with E-state index in [4.69, 9.17) is 10.2 Å². The summed E-state index contributed by atoms with van der Waals surface area (Å²) >= 11 is 0. The SMILES string of the molecule is CC(Cc1ccco1)NC(=O)C1CCCCCC1N. The Balaban J connectivity index is 1.85. The van der Waals surface area contributed by atoms with Crippen LogP contribution in [0.3, 0.4) is 0 Å². The van der Waals surface area contributed by atoms with E-state index in [1.54, 1.807) is 6.26 Å². The second-order valence-corrected chi connectivity index (χ2v) is 5.60. The first-order valence-electron chi connectivity index (χ1n) is 7.25. The third-order valence-electron chi connectivity index (χ3n) is 3.88. The lowest BCUT2D eigenvalue weighted by Crippen LogP contribution is -2.44. The maximum absolute atomic E-state index is 12.3. The zero-order valence-electron chi connectivity index (χ0n) is 11.6. The molecule has 2 rings (SSSR count). The quantitative estimate of drug-likeness (QED) is 0.819. The highest BCUT2D eigenvalue weighted by molar-refractivity contribution is 5.79. The van der Waals surface area contributed by atoms with Gasteiger partial charge in [0.1, 0.15) is 5.76 Å². The summed E-state index contributed by atoms with van der Waals surface area (Å²) in [5.74, 6) is 0.980. The molecule has 4 nitrogen and oxygen atoms in total. The standard InChI is InChI=1S/C15H24N2O2/c1-11(10-12-6-5-9-19-12)17-15(18)13-7-3-2-4-8-14(13)16/h5-6,9,11,13-14H,2-4,7-8,10,16H2,1H3,(H,17,18).